The van der Waals surface area contributed by atoms with Crippen LogP contribution in [0.1, 0.15) is 28.2 Å². The van der Waals surface area contributed by atoms with Gasteiger partial charge >= 0.3 is 12.1 Å². The number of benzene rings is 3. The van der Waals surface area contributed by atoms with E-state index in [2.05, 4.69) is 30.3 Å². The Balaban J connectivity index is 1.31. The van der Waals surface area contributed by atoms with Gasteiger partial charge in [0.25, 0.3) is 0 Å². The number of nitriles is 1. The summed E-state index contributed by atoms with van der Waals surface area (Å²) in [5.74, 6) is -0.530. The first-order chi connectivity index (χ1) is 15.7. The number of rotatable bonds is 4. The molecule has 0 N–H and O–H groups in total. The maximum Gasteiger partial charge on any atom is 0.413 e. The van der Waals surface area contributed by atoms with Crippen molar-refractivity contribution in [2.45, 2.75) is 18.4 Å². The first-order valence-electron chi connectivity index (χ1n) is 10.4. The minimum absolute atomic E-state index is 0.0590. The van der Waals surface area contributed by atoms with Crippen molar-refractivity contribution in [2.24, 2.45) is 0 Å². The maximum atomic E-state index is 12.9. The number of carbonyl (C=O) groups is 2. The molecule has 158 valence electrons. The molecule has 6 nitrogen and oxygen atoms in total. The Morgan fingerprint density at radius 2 is 1.72 bits per heavy atom. The molecule has 6 heteroatoms. The molecule has 3 aromatic rings. The summed E-state index contributed by atoms with van der Waals surface area (Å²) in [5, 5.41) is 9.10. The van der Waals surface area contributed by atoms with E-state index in [-0.39, 0.29) is 25.7 Å². The number of hydrogen-bond acceptors (Lipinski definition) is 5. The van der Waals surface area contributed by atoms with Gasteiger partial charge in [-0.25, -0.2) is 9.59 Å². The number of hydrogen-bond donors (Lipinski definition) is 0. The highest BCUT2D eigenvalue weighted by Crippen LogP contribution is 2.44. The predicted octanol–water partition coefficient (Wildman–Crippen LogP) is 4.23. The van der Waals surface area contributed by atoms with Gasteiger partial charge in [-0.3, -0.25) is 4.90 Å². The van der Waals surface area contributed by atoms with Crippen LogP contribution in [-0.4, -0.2) is 36.3 Å². The Hall–Kier alpha value is -4.11. The fraction of sp³-hybridized carbons (Fsp3) is 0.192. The molecule has 0 radical (unpaired) electrons. The van der Waals surface area contributed by atoms with Crippen LogP contribution in [0.4, 0.5) is 4.79 Å². The summed E-state index contributed by atoms with van der Waals surface area (Å²) in [4.78, 5) is 26.5. The highest BCUT2D eigenvalue weighted by molar-refractivity contribution is 5.84. The summed E-state index contributed by atoms with van der Waals surface area (Å²) < 4.78 is 10.8. The average Bonchev–Trinajstić information content (AvgIpc) is 3.35. The molecule has 0 saturated carbocycles. The van der Waals surface area contributed by atoms with Crippen molar-refractivity contribution in [2.75, 3.05) is 13.3 Å². The highest BCUT2D eigenvalue weighted by Gasteiger charge is 2.39. The summed E-state index contributed by atoms with van der Waals surface area (Å²) >= 11 is 0. The fourth-order valence-corrected chi connectivity index (χ4v) is 4.49. The van der Waals surface area contributed by atoms with Gasteiger partial charge in [0, 0.05) is 12.3 Å². The molecule has 1 fully saturated rings. The van der Waals surface area contributed by atoms with Crippen LogP contribution in [0.5, 0.6) is 0 Å². The first kappa shape index (κ1) is 19.8. The Labute approximate surface area is 185 Å². The first-order valence-corrected chi connectivity index (χ1v) is 10.4. The van der Waals surface area contributed by atoms with E-state index in [9.17, 15) is 9.59 Å². The molecule has 1 saturated heterocycles. The topological polar surface area (TPSA) is 79.6 Å². The molecule has 32 heavy (non-hydrogen) atoms. The van der Waals surface area contributed by atoms with E-state index in [0.29, 0.717) is 5.56 Å². The third-order valence-electron chi connectivity index (χ3n) is 6.05. The lowest BCUT2D eigenvalue weighted by molar-refractivity contribution is -0.139. The van der Waals surface area contributed by atoms with Gasteiger partial charge in [0.2, 0.25) is 0 Å². The summed E-state index contributed by atoms with van der Waals surface area (Å²) in [5.41, 5.74) is 5.84. The molecule has 0 bridgehead atoms. The Kier molecular flexibility index (Phi) is 5.08. The monoisotopic (exact) mass is 424 g/mol. The Bertz CT molecular complexity index is 1200. The zero-order valence-corrected chi connectivity index (χ0v) is 17.2. The van der Waals surface area contributed by atoms with Gasteiger partial charge in [0.15, 0.2) is 6.73 Å². The maximum absolute atomic E-state index is 12.9. The lowest BCUT2D eigenvalue weighted by Crippen LogP contribution is -2.40. The van der Waals surface area contributed by atoms with Crippen LogP contribution in [-0.2, 0) is 20.7 Å². The molecule has 1 unspecified atom stereocenters. The minimum Gasteiger partial charge on any atom is -0.448 e. The van der Waals surface area contributed by atoms with Crippen molar-refractivity contribution in [3.63, 3.8) is 0 Å². The summed E-state index contributed by atoms with van der Waals surface area (Å²) in [7, 11) is 0. The van der Waals surface area contributed by atoms with Crippen molar-refractivity contribution in [3.8, 4) is 17.2 Å². The van der Waals surface area contributed by atoms with Crippen LogP contribution >= 0.6 is 0 Å². The van der Waals surface area contributed by atoms with Crippen LogP contribution in [0.2, 0.25) is 0 Å². The second kappa shape index (κ2) is 8.20. The van der Waals surface area contributed by atoms with E-state index >= 15 is 0 Å². The lowest BCUT2D eigenvalue weighted by atomic mass is 9.98. The molecular weight excluding hydrogens is 404 g/mol. The molecule has 0 spiro atoms. The van der Waals surface area contributed by atoms with E-state index in [1.807, 2.05) is 30.3 Å². The van der Waals surface area contributed by atoms with E-state index < -0.39 is 18.1 Å². The second-order valence-corrected chi connectivity index (χ2v) is 7.90. The number of amides is 1. The fourth-order valence-electron chi connectivity index (χ4n) is 4.49. The lowest BCUT2D eigenvalue weighted by Gasteiger charge is -2.21. The predicted molar refractivity (Wildman–Crippen MR) is 117 cm³/mol. The molecule has 1 aliphatic carbocycles. The number of esters is 1. The minimum atomic E-state index is -0.778. The molecular formula is C26H20N2O4. The van der Waals surface area contributed by atoms with Crippen LogP contribution in [0.25, 0.3) is 11.1 Å². The molecule has 0 aromatic heterocycles. The van der Waals surface area contributed by atoms with Crippen molar-refractivity contribution < 1.29 is 19.1 Å². The van der Waals surface area contributed by atoms with Crippen LogP contribution in [0.15, 0.2) is 72.8 Å². The van der Waals surface area contributed by atoms with E-state index in [1.54, 1.807) is 18.2 Å². The smallest absolute Gasteiger partial charge is 0.413 e. The van der Waals surface area contributed by atoms with Crippen molar-refractivity contribution in [1.29, 1.82) is 5.26 Å². The number of fused-ring (bicyclic) bond motifs is 3. The zero-order valence-electron chi connectivity index (χ0n) is 17.2. The number of cyclic esters (lactones) is 1. The van der Waals surface area contributed by atoms with Crippen LogP contribution < -0.4 is 0 Å². The van der Waals surface area contributed by atoms with Gasteiger partial charge in [-0.2, -0.15) is 5.26 Å². The molecule has 1 amide bonds. The largest absolute Gasteiger partial charge is 0.448 e. The SMILES string of the molecule is N#Cc1cccc(CC2C(=O)OCN2C(=O)OCC2c3ccccc3-c3ccccc32)c1. The van der Waals surface area contributed by atoms with Crippen molar-refractivity contribution in [1.82, 2.24) is 4.90 Å². The van der Waals surface area contributed by atoms with Gasteiger partial charge in [0.05, 0.1) is 11.6 Å². The Morgan fingerprint density at radius 3 is 2.41 bits per heavy atom. The summed E-state index contributed by atoms with van der Waals surface area (Å²) in [6.45, 7) is 0.0340. The zero-order chi connectivity index (χ0) is 22.1. The number of ether oxygens (including phenoxy) is 2. The summed E-state index contributed by atoms with van der Waals surface area (Å²) in [6, 6.07) is 24.5. The number of nitrogens with zero attached hydrogens (tertiary/aromatic N) is 2. The molecule has 3 aromatic carbocycles. The van der Waals surface area contributed by atoms with Gasteiger partial charge in [-0.1, -0.05) is 60.7 Å². The quantitative estimate of drug-likeness (QED) is 0.586. The molecule has 1 heterocycles. The number of carbonyl (C=O) groups excluding carboxylic acids is 2. The third-order valence-corrected chi connectivity index (χ3v) is 6.05. The molecule has 1 atom stereocenters. The second-order valence-electron chi connectivity index (χ2n) is 7.90. The Morgan fingerprint density at radius 1 is 1.03 bits per heavy atom. The molecule has 5 rings (SSSR count). The molecule has 2 aliphatic rings. The van der Waals surface area contributed by atoms with Gasteiger partial charge in [-0.15, -0.1) is 0 Å². The van der Waals surface area contributed by atoms with Gasteiger partial charge in [-0.05, 0) is 39.9 Å². The van der Waals surface area contributed by atoms with E-state index in [0.717, 1.165) is 27.8 Å². The van der Waals surface area contributed by atoms with E-state index in [4.69, 9.17) is 14.7 Å². The van der Waals surface area contributed by atoms with Crippen molar-refractivity contribution in [3.05, 3.63) is 95.1 Å². The van der Waals surface area contributed by atoms with Crippen LogP contribution in [0.3, 0.4) is 0 Å². The molecule has 1 aliphatic heterocycles. The third kappa shape index (κ3) is 3.48. The highest BCUT2D eigenvalue weighted by atomic mass is 16.6. The standard InChI is InChI=1S/C26H20N2O4/c27-14-18-7-5-6-17(12-18)13-24-25(29)32-16-28(24)26(30)31-15-23-21-10-3-1-8-19(21)20-9-2-4-11-22(20)23/h1-12,23-24H,13,15-16H2. The summed E-state index contributed by atoms with van der Waals surface area (Å²) in [6.07, 6.45) is -0.322. The van der Waals surface area contributed by atoms with Crippen LogP contribution in [0, 0.1) is 11.3 Å². The van der Waals surface area contributed by atoms with Gasteiger partial charge in [0.1, 0.15) is 12.6 Å². The average molecular weight is 424 g/mol. The normalized spacial score (nSPS) is 16.8. The van der Waals surface area contributed by atoms with E-state index in [1.165, 1.54) is 4.90 Å². The van der Waals surface area contributed by atoms with Crippen molar-refractivity contribution >= 4 is 12.1 Å². The van der Waals surface area contributed by atoms with Gasteiger partial charge < -0.3 is 9.47 Å².